The highest BCUT2D eigenvalue weighted by molar-refractivity contribution is 7.86. The van der Waals surface area contributed by atoms with Crippen LogP contribution in [0.25, 0.3) is 22.0 Å². The summed E-state index contributed by atoms with van der Waals surface area (Å²) in [6, 6.07) is 11.0. The molecule has 0 saturated heterocycles. The Balaban J connectivity index is 1.66. The predicted molar refractivity (Wildman–Crippen MR) is 107 cm³/mol. The molecule has 4 rings (SSSR count). The molecule has 0 bridgehead atoms. The van der Waals surface area contributed by atoms with Crippen molar-refractivity contribution in [3.8, 4) is 11.1 Å². The molecule has 0 fully saturated rings. The Morgan fingerprint density at radius 1 is 1.15 bits per heavy atom. The molecule has 26 heavy (non-hydrogen) atoms. The molecule has 2 N–H and O–H groups in total. The van der Waals surface area contributed by atoms with E-state index in [-0.39, 0.29) is 0 Å². The normalized spacial score (nSPS) is 12.4. The summed E-state index contributed by atoms with van der Waals surface area (Å²) < 4.78 is 17.6. The Labute approximate surface area is 162 Å². The van der Waals surface area contributed by atoms with Gasteiger partial charge < -0.3 is 4.98 Å². The first-order chi connectivity index (χ1) is 12.5. The Morgan fingerprint density at radius 3 is 2.77 bits per heavy atom. The lowest BCUT2D eigenvalue weighted by molar-refractivity contribution is 0.686. The number of hydrogen-bond donors (Lipinski definition) is 2. The fourth-order valence-electron chi connectivity index (χ4n) is 2.77. The summed E-state index contributed by atoms with van der Waals surface area (Å²) in [4.78, 5) is 3.73. The number of aromatic amines is 1. The van der Waals surface area contributed by atoms with Gasteiger partial charge in [0.2, 0.25) is 0 Å². The van der Waals surface area contributed by atoms with E-state index in [1.807, 2.05) is 37.5 Å². The summed E-state index contributed by atoms with van der Waals surface area (Å²) in [6.07, 6.45) is 5.35. The van der Waals surface area contributed by atoms with Gasteiger partial charge >= 0.3 is 0 Å². The van der Waals surface area contributed by atoms with E-state index in [1.165, 1.54) is 0 Å². The number of rotatable bonds is 4. The first-order valence-electron chi connectivity index (χ1n) is 7.75. The molecule has 0 aliphatic heterocycles. The second-order valence-corrected chi connectivity index (χ2v) is 7.81. The van der Waals surface area contributed by atoms with Gasteiger partial charge in [-0.2, -0.15) is 5.10 Å². The van der Waals surface area contributed by atoms with Gasteiger partial charge in [0.05, 0.1) is 32.3 Å². The largest absolute Gasteiger partial charge is 0.358 e. The van der Waals surface area contributed by atoms with Gasteiger partial charge in [0.15, 0.2) is 0 Å². The van der Waals surface area contributed by atoms with Crippen LogP contribution >= 0.6 is 23.2 Å². The van der Waals surface area contributed by atoms with E-state index >= 15 is 0 Å². The molecule has 4 aromatic rings. The van der Waals surface area contributed by atoms with Crippen molar-refractivity contribution in [1.82, 2.24) is 14.8 Å². The zero-order valence-corrected chi connectivity index (χ0v) is 16.0. The van der Waals surface area contributed by atoms with Crippen LogP contribution in [-0.2, 0) is 18.0 Å². The van der Waals surface area contributed by atoms with Crippen LogP contribution in [0.5, 0.6) is 0 Å². The van der Waals surface area contributed by atoms with Gasteiger partial charge in [-0.05, 0) is 29.8 Å². The van der Waals surface area contributed by atoms with E-state index in [2.05, 4.69) is 14.8 Å². The first-order valence-corrected chi connectivity index (χ1v) is 9.66. The van der Waals surface area contributed by atoms with E-state index in [9.17, 15) is 4.21 Å². The summed E-state index contributed by atoms with van der Waals surface area (Å²) >= 11 is 12.4. The van der Waals surface area contributed by atoms with Crippen LogP contribution < -0.4 is 4.72 Å². The highest BCUT2D eigenvalue weighted by Crippen LogP contribution is 2.35. The van der Waals surface area contributed by atoms with E-state index in [0.717, 1.165) is 16.6 Å². The molecule has 0 aliphatic rings. The van der Waals surface area contributed by atoms with Crippen molar-refractivity contribution >= 4 is 50.8 Å². The van der Waals surface area contributed by atoms with Crippen LogP contribution in [-0.4, -0.2) is 19.0 Å². The summed E-state index contributed by atoms with van der Waals surface area (Å²) in [5, 5.41) is 5.95. The lowest BCUT2D eigenvalue weighted by Gasteiger charge is -2.09. The highest BCUT2D eigenvalue weighted by atomic mass is 35.5. The lowest BCUT2D eigenvalue weighted by Crippen LogP contribution is -2.05. The molecule has 2 aromatic carbocycles. The minimum absolute atomic E-state index is 0.526. The molecule has 2 aromatic heterocycles. The lowest BCUT2D eigenvalue weighted by atomic mass is 10.1. The van der Waals surface area contributed by atoms with E-state index in [4.69, 9.17) is 23.2 Å². The van der Waals surface area contributed by atoms with Crippen molar-refractivity contribution < 1.29 is 4.21 Å². The second kappa shape index (κ2) is 6.79. The maximum atomic E-state index is 12.8. The molecule has 0 spiro atoms. The fourth-order valence-corrected chi connectivity index (χ4v) is 4.26. The highest BCUT2D eigenvalue weighted by Gasteiger charge is 2.13. The van der Waals surface area contributed by atoms with Crippen molar-refractivity contribution in [2.75, 3.05) is 4.72 Å². The van der Waals surface area contributed by atoms with Crippen molar-refractivity contribution in [3.63, 3.8) is 0 Å². The average Bonchev–Trinajstić information content (AvgIpc) is 3.24. The third kappa shape index (κ3) is 3.11. The summed E-state index contributed by atoms with van der Waals surface area (Å²) in [5.41, 5.74) is 3.31. The summed E-state index contributed by atoms with van der Waals surface area (Å²) in [6.45, 7) is 0. The number of nitrogens with zero attached hydrogens (tertiary/aromatic N) is 2. The van der Waals surface area contributed by atoms with Crippen molar-refractivity contribution in [2.24, 2.45) is 7.05 Å². The fraction of sp³-hybridized carbons (Fsp3) is 0.0556. The third-order valence-corrected chi connectivity index (χ3v) is 5.73. The molecule has 1 atom stereocenters. The Kier molecular flexibility index (Phi) is 4.48. The number of fused-ring (bicyclic) bond motifs is 1. The number of halogens is 2. The first kappa shape index (κ1) is 17.1. The molecule has 132 valence electrons. The second-order valence-electron chi connectivity index (χ2n) is 5.78. The van der Waals surface area contributed by atoms with Crippen LogP contribution in [0.4, 0.5) is 5.69 Å². The number of aromatic nitrogens is 3. The molecule has 0 amide bonds. The molecule has 0 saturated carbocycles. The number of aryl methyl sites for hydroxylation is 1. The zero-order chi connectivity index (χ0) is 18.3. The van der Waals surface area contributed by atoms with Crippen LogP contribution in [0.2, 0.25) is 10.0 Å². The molecular formula is C18H14Cl2N4OS. The van der Waals surface area contributed by atoms with E-state index in [0.29, 0.717) is 26.0 Å². The van der Waals surface area contributed by atoms with Crippen molar-refractivity contribution in [1.29, 1.82) is 0 Å². The maximum Gasteiger partial charge on any atom is 0.150 e. The van der Waals surface area contributed by atoms with Gasteiger partial charge in [0.1, 0.15) is 11.0 Å². The molecule has 0 radical (unpaired) electrons. The number of benzene rings is 2. The number of H-pyrrole nitrogens is 1. The van der Waals surface area contributed by atoms with Crippen LogP contribution in [0.1, 0.15) is 0 Å². The minimum atomic E-state index is -1.45. The molecule has 8 heteroatoms. The molecule has 2 heterocycles. The monoisotopic (exact) mass is 404 g/mol. The van der Waals surface area contributed by atoms with E-state index < -0.39 is 11.0 Å². The van der Waals surface area contributed by atoms with Crippen molar-refractivity contribution in [3.05, 3.63) is 65.0 Å². The predicted octanol–water partition coefficient (Wildman–Crippen LogP) is 5.01. The van der Waals surface area contributed by atoms with Gasteiger partial charge in [-0.25, -0.2) is 4.21 Å². The molecule has 0 aliphatic carbocycles. The Hall–Kier alpha value is -2.28. The number of nitrogens with one attached hydrogen (secondary N) is 2. The number of anilines is 1. The Bertz CT molecular complexity index is 1140. The van der Waals surface area contributed by atoms with Gasteiger partial charge in [-0.1, -0.05) is 35.3 Å². The third-order valence-electron chi connectivity index (χ3n) is 4.03. The Morgan fingerprint density at radius 2 is 2.00 bits per heavy atom. The molecule has 5 nitrogen and oxygen atoms in total. The van der Waals surface area contributed by atoms with Crippen LogP contribution in [0.3, 0.4) is 0 Å². The van der Waals surface area contributed by atoms with Gasteiger partial charge in [-0.3, -0.25) is 9.40 Å². The SMILES string of the molecule is Cn1cc(-c2cccc(S(=O)Nc3ccc(Cl)c4c(Cl)c[nH]c34)c2)cn1. The molecular weight excluding hydrogens is 391 g/mol. The average molecular weight is 405 g/mol. The van der Waals surface area contributed by atoms with Crippen LogP contribution in [0.15, 0.2) is 59.9 Å². The summed E-state index contributed by atoms with van der Waals surface area (Å²) in [5.74, 6) is 0. The van der Waals surface area contributed by atoms with Gasteiger partial charge in [0, 0.05) is 30.4 Å². The van der Waals surface area contributed by atoms with Crippen LogP contribution in [0, 0.1) is 0 Å². The smallest absolute Gasteiger partial charge is 0.150 e. The van der Waals surface area contributed by atoms with Crippen molar-refractivity contribution in [2.45, 2.75) is 4.90 Å². The quantitative estimate of drug-likeness (QED) is 0.501. The molecule has 1 unspecified atom stereocenters. The van der Waals surface area contributed by atoms with Gasteiger partial charge in [-0.15, -0.1) is 0 Å². The minimum Gasteiger partial charge on any atom is -0.358 e. The standard InChI is InChI=1S/C18H14Cl2N4OS/c1-24-10-12(8-22-24)11-3-2-4-13(7-11)26(25)23-16-6-5-14(19)17-15(20)9-21-18(16)17/h2-10,21,23H,1H3. The topological polar surface area (TPSA) is 62.7 Å². The van der Waals surface area contributed by atoms with E-state index in [1.54, 1.807) is 29.2 Å². The number of hydrogen-bond acceptors (Lipinski definition) is 2. The zero-order valence-electron chi connectivity index (χ0n) is 13.7. The summed E-state index contributed by atoms with van der Waals surface area (Å²) in [7, 11) is 0.413. The van der Waals surface area contributed by atoms with Gasteiger partial charge in [0.25, 0.3) is 0 Å². The maximum absolute atomic E-state index is 12.8.